The second-order valence-corrected chi connectivity index (χ2v) is 7.17. The van der Waals surface area contributed by atoms with Gasteiger partial charge in [0.2, 0.25) is 5.91 Å². The van der Waals surface area contributed by atoms with Crippen LogP contribution >= 0.6 is 0 Å². The number of hydrogen-bond donors (Lipinski definition) is 1. The van der Waals surface area contributed by atoms with Crippen LogP contribution in [0.3, 0.4) is 0 Å². The Balaban J connectivity index is 2.32. The van der Waals surface area contributed by atoms with Gasteiger partial charge in [0.05, 0.1) is 17.5 Å². The molecule has 0 spiro atoms. The summed E-state index contributed by atoms with van der Waals surface area (Å²) in [6, 6.07) is 7.67. The molecule has 1 aliphatic heterocycles. The molecule has 1 heterocycles. The topological polar surface area (TPSA) is 74.7 Å². The van der Waals surface area contributed by atoms with E-state index in [-0.39, 0.29) is 30.5 Å². The minimum atomic E-state index is -3.70. The van der Waals surface area contributed by atoms with Gasteiger partial charge in [0.15, 0.2) is 9.84 Å². The molecule has 1 aliphatic rings. The highest BCUT2D eigenvalue weighted by molar-refractivity contribution is 7.92. The Bertz CT molecular complexity index is 612. The van der Waals surface area contributed by atoms with E-state index in [2.05, 4.69) is 6.58 Å². The first-order chi connectivity index (χ1) is 10.0. The summed E-state index contributed by atoms with van der Waals surface area (Å²) in [5.74, 6) is -0.455. The molecule has 21 heavy (non-hydrogen) atoms. The van der Waals surface area contributed by atoms with Crippen molar-refractivity contribution < 1.29 is 18.3 Å². The normalized spacial score (nSPS) is 23.1. The molecular weight excluding hydrogens is 290 g/mol. The highest BCUT2D eigenvalue weighted by Gasteiger charge is 2.42. The molecule has 0 saturated carbocycles. The molecule has 0 aromatic heterocycles. The van der Waals surface area contributed by atoms with Crippen LogP contribution in [0, 0.1) is 0 Å². The zero-order chi connectivity index (χ0) is 15.5. The molecule has 2 rings (SSSR count). The van der Waals surface area contributed by atoms with Gasteiger partial charge in [-0.25, -0.2) is 8.42 Å². The van der Waals surface area contributed by atoms with Crippen LogP contribution in [0.4, 0.5) is 0 Å². The minimum Gasteiger partial charge on any atom is -0.394 e. The van der Waals surface area contributed by atoms with E-state index in [1.807, 2.05) is 0 Å². The number of aliphatic hydroxyl groups excluding tert-OH is 1. The summed E-state index contributed by atoms with van der Waals surface area (Å²) in [5, 5.41) is 8.25. The summed E-state index contributed by atoms with van der Waals surface area (Å²) in [4.78, 5) is 14.1. The molecule has 1 fully saturated rings. The molecule has 1 unspecified atom stereocenters. The number of hydrogen-bond acceptors (Lipinski definition) is 4. The van der Waals surface area contributed by atoms with Crippen LogP contribution in [0.5, 0.6) is 0 Å². The lowest BCUT2D eigenvalue weighted by Crippen LogP contribution is -2.53. The number of carbonyl (C=O) groups is 1. The molecule has 6 heteroatoms. The van der Waals surface area contributed by atoms with E-state index in [0.29, 0.717) is 6.42 Å². The van der Waals surface area contributed by atoms with Crippen molar-refractivity contribution in [3.05, 3.63) is 43.0 Å². The maximum atomic E-state index is 12.6. The Hall–Kier alpha value is -1.66. The number of sulfone groups is 1. The number of aliphatic hydroxyl groups is 1. The maximum Gasteiger partial charge on any atom is 0.241 e. The predicted octanol–water partition coefficient (Wildman–Crippen LogP) is 0.998. The lowest BCUT2D eigenvalue weighted by atomic mass is 10.0. The highest BCUT2D eigenvalue weighted by atomic mass is 32.2. The largest absolute Gasteiger partial charge is 0.394 e. The quantitative estimate of drug-likeness (QED) is 0.823. The molecule has 2 atom stereocenters. The number of likely N-dealkylation sites (tertiary alicyclic amines) is 1. The van der Waals surface area contributed by atoms with Gasteiger partial charge in [0, 0.05) is 6.54 Å². The third-order valence-electron chi connectivity index (χ3n) is 3.74. The van der Waals surface area contributed by atoms with Crippen molar-refractivity contribution in [3.8, 4) is 0 Å². The van der Waals surface area contributed by atoms with E-state index in [1.165, 1.54) is 23.1 Å². The van der Waals surface area contributed by atoms with Crippen LogP contribution in [0.25, 0.3) is 0 Å². The molecule has 1 saturated heterocycles. The minimum absolute atomic E-state index is 0.157. The maximum absolute atomic E-state index is 12.6. The molecule has 1 aromatic carbocycles. The molecule has 0 bridgehead atoms. The molecular formula is C15H19NO4S. The van der Waals surface area contributed by atoms with Gasteiger partial charge in [-0.15, -0.1) is 6.58 Å². The third kappa shape index (κ3) is 3.01. The summed E-state index contributed by atoms with van der Waals surface area (Å²) >= 11 is 0. The molecule has 1 amide bonds. The van der Waals surface area contributed by atoms with E-state index in [4.69, 9.17) is 0 Å². The SMILES string of the molecule is C=CCN1C(=O)C(S(=O)(=O)c2ccccc2)CC[C@H]1CO. The Morgan fingerprint density at radius 3 is 2.52 bits per heavy atom. The molecule has 1 N–H and O–H groups in total. The lowest BCUT2D eigenvalue weighted by Gasteiger charge is -2.37. The first kappa shape index (κ1) is 15.7. The summed E-state index contributed by atoms with van der Waals surface area (Å²) < 4.78 is 25.2. The summed E-state index contributed by atoms with van der Waals surface area (Å²) in [5.41, 5.74) is 0. The Morgan fingerprint density at radius 1 is 1.29 bits per heavy atom. The fraction of sp³-hybridized carbons (Fsp3) is 0.400. The second kappa shape index (κ2) is 6.41. The van der Waals surface area contributed by atoms with Crippen LogP contribution < -0.4 is 0 Å². The standard InChI is InChI=1S/C15H19NO4S/c1-2-10-16-12(11-17)8-9-14(15(16)18)21(19,20)13-6-4-3-5-7-13/h2-7,12,14,17H,1,8-11H2/t12-,14?/m0/s1. The van der Waals surface area contributed by atoms with Crippen LogP contribution in [0.15, 0.2) is 47.9 Å². The van der Waals surface area contributed by atoms with Gasteiger partial charge >= 0.3 is 0 Å². The van der Waals surface area contributed by atoms with Gasteiger partial charge in [-0.3, -0.25) is 4.79 Å². The first-order valence-corrected chi connectivity index (χ1v) is 8.38. The average molecular weight is 309 g/mol. The number of carbonyl (C=O) groups excluding carboxylic acids is 1. The van der Waals surface area contributed by atoms with Crippen LogP contribution in [0.1, 0.15) is 12.8 Å². The van der Waals surface area contributed by atoms with Crippen molar-refractivity contribution in [2.45, 2.75) is 29.0 Å². The van der Waals surface area contributed by atoms with Gasteiger partial charge in [-0.2, -0.15) is 0 Å². The van der Waals surface area contributed by atoms with Gasteiger partial charge in [-0.05, 0) is 25.0 Å². The second-order valence-electron chi connectivity index (χ2n) is 5.04. The van der Waals surface area contributed by atoms with Gasteiger partial charge in [0.25, 0.3) is 0 Å². The van der Waals surface area contributed by atoms with Crippen molar-refractivity contribution in [1.29, 1.82) is 0 Å². The Kier molecular flexibility index (Phi) is 4.80. The summed E-state index contributed by atoms with van der Waals surface area (Å²) in [6.07, 6.45) is 2.24. The average Bonchev–Trinajstić information content (AvgIpc) is 2.50. The molecule has 1 aromatic rings. The zero-order valence-corrected chi connectivity index (χ0v) is 12.5. The first-order valence-electron chi connectivity index (χ1n) is 6.83. The lowest BCUT2D eigenvalue weighted by molar-refractivity contribution is -0.136. The molecule has 5 nitrogen and oxygen atoms in total. The highest BCUT2D eigenvalue weighted by Crippen LogP contribution is 2.27. The van der Waals surface area contributed by atoms with E-state index < -0.39 is 21.0 Å². The number of benzene rings is 1. The van der Waals surface area contributed by atoms with Crippen molar-refractivity contribution in [2.24, 2.45) is 0 Å². The van der Waals surface area contributed by atoms with Crippen molar-refractivity contribution in [2.75, 3.05) is 13.2 Å². The van der Waals surface area contributed by atoms with E-state index in [1.54, 1.807) is 18.2 Å². The van der Waals surface area contributed by atoms with E-state index >= 15 is 0 Å². The zero-order valence-electron chi connectivity index (χ0n) is 11.7. The van der Waals surface area contributed by atoms with Crippen LogP contribution in [0.2, 0.25) is 0 Å². The Morgan fingerprint density at radius 2 is 1.95 bits per heavy atom. The fourth-order valence-corrected chi connectivity index (χ4v) is 4.33. The molecule has 114 valence electrons. The number of piperidine rings is 1. The Labute approximate surface area is 124 Å². The smallest absolute Gasteiger partial charge is 0.241 e. The fourth-order valence-electron chi connectivity index (χ4n) is 2.62. The third-order valence-corrected chi connectivity index (χ3v) is 5.86. The van der Waals surface area contributed by atoms with Gasteiger partial charge < -0.3 is 10.0 Å². The van der Waals surface area contributed by atoms with Crippen molar-refractivity contribution in [3.63, 3.8) is 0 Å². The number of amides is 1. The van der Waals surface area contributed by atoms with Gasteiger partial charge in [0.1, 0.15) is 5.25 Å². The van der Waals surface area contributed by atoms with Gasteiger partial charge in [-0.1, -0.05) is 24.3 Å². The number of rotatable bonds is 5. The summed E-state index contributed by atoms with van der Waals surface area (Å²) in [6.45, 7) is 3.65. The number of nitrogens with zero attached hydrogens (tertiary/aromatic N) is 1. The van der Waals surface area contributed by atoms with E-state index in [9.17, 15) is 18.3 Å². The van der Waals surface area contributed by atoms with Crippen molar-refractivity contribution in [1.82, 2.24) is 4.90 Å². The van der Waals surface area contributed by atoms with Crippen LogP contribution in [-0.4, -0.2) is 48.8 Å². The van der Waals surface area contributed by atoms with Crippen LogP contribution in [-0.2, 0) is 14.6 Å². The monoisotopic (exact) mass is 309 g/mol. The van der Waals surface area contributed by atoms with E-state index in [0.717, 1.165) is 0 Å². The summed E-state index contributed by atoms with van der Waals surface area (Å²) in [7, 11) is -3.70. The predicted molar refractivity (Wildman–Crippen MR) is 79.4 cm³/mol. The molecule has 0 radical (unpaired) electrons. The molecule has 0 aliphatic carbocycles. The van der Waals surface area contributed by atoms with Crippen molar-refractivity contribution >= 4 is 15.7 Å².